The molecule has 0 spiro atoms. The smallest absolute Gasteiger partial charge is 0.287 e. The van der Waals surface area contributed by atoms with Gasteiger partial charge in [0.15, 0.2) is 6.10 Å². The average molecular weight is 378 g/mol. The number of nitrogens with one attached hydrogen (secondary N) is 3. The van der Waals surface area contributed by atoms with Gasteiger partial charge in [0.25, 0.3) is 11.8 Å². The van der Waals surface area contributed by atoms with Crippen molar-refractivity contribution < 1.29 is 14.3 Å². The zero-order valence-electron chi connectivity index (χ0n) is 15.9. The summed E-state index contributed by atoms with van der Waals surface area (Å²) >= 11 is 0. The lowest BCUT2D eigenvalue weighted by Gasteiger charge is -2.17. The topological polar surface area (TPSA) is 96.1 Å². The number of carbonyl (C=O) groups is 2. The quantitative estimate of drug-likeness (QED) is 0.595. The van der Waals surface area contributed by atoms with E-state index in [1.54, 1.807) is 19.1 Å². The highest BCUT2D eigenvalue weighted by atomic mass is 16.5. The third-order valence-corrected chi connectivity index (χ3v) is 4.42. The van der Waals surface area contributed by atoms with Gasteiger partial charge < -0.3 is 4.74 Å². The third-order valence-electron chi connectivity index (χ3n) is 4.42. The number of hydrogen-bond donors (Lipinski definition) is 3. The van der Waals surface area contributed by atoms with Gasteiger partial charge in [-0.05, 0) is 44.0 Å². The summed E-state index contributed by atoms with van der Waals surface area (Å²) in [6.07, 6.45) is -0.776. The SMILES string of the molecule is Cc1cccc(O[C@@H](C)C(=O)NNC(=O)c2cc(-c3ccccc3)n[nH]2)c1C. The summed E-state index contributed by atoms with van der Waals surface area (Å²) in [5.74, 6) is -0.325. The minimum atomic E-state index is -0.776. The van der Waals surface area contributed by atoms with E-state index < -0.39 is 17.9 Å². The number of hydrazine groups is 1. The van der Waals surface area contributed by atoms with Crippen LogP contribution in [0.3, 0.4) is 0 Å². The van der Waals surface area contributed by atoms with Crippen molar-refractivity contribution in [3.8, 4) is 17.0 Å². The lowest BCUT2D eigenvalue weighted by molar-refractivity contribution is -0.128. The zero-order chi connectivity index (χ0) is 20.1. The van der Waals surface area contributed by atoms with Crippen LogP contribution in [0.5, 0.6) is 5.75 Å². The number of nitrogens with zero attached hydrogens (tertiary/aromatic N) is 1. The first-order chi connectivity index (χ1) is 13.5. The number of amides is 2. The van der Waals surface area contributed by atoms with Gasteiger partial charge in [-0.3, -0.25) is 25.5 Å². The van der Waals surface area contributed by atoms with Crippen LogP contribution in [0.15, 0.2) is 54.6 Å². The minimum absolute atomic E-state index is 0.238. The summed E-state index contributed by atoms with van der Waals surface area (Å²) < 4.78 is 5.70. The largest absolute Gasteiger partial charge is 0.481 e. The normalized spacial score (nSPS) is 11.5. The Bertz CT molecular complexity index is 982. The Morgan fingerprint density at radius 2 is 1.79 bits per heavy atom. The monoisotopic (exact) mass is 378 g/mol. The van der Waals surface area contributed by atoms with Crippen molar-refractivity contribution >= 4 is 11.8 Å². The van der Waals surface area contributed by atoms with Crippen LogP contribution in [0.1, 0.15) is 28.5 Å². The lowest BCUT2D eigenvalue weighted by atomic mass is 10.1. The molecule has 0 bridgehead atoms. The predicted octanol–water partition coefficient (Wildman–Crippen LogP) is 2.92. The van der Waals surface area contributed by atoms with Crippen molar-refractivity contribution in [3.63, 3.8) is 0 Å². The number of ether oxygens (including phenoxy) is 1. The van der Waals surface area contributed by atoms with Crippen LogP contribution in [0.2, 0.25) is 0 Å². The summed E-state index contributed by atoms with van der Waals surface area (Å²) in [7, 11) is 0. The molecule has 0 unspecified atom stereocenters. The summed E-state index contributed by atoms with van der Waals surface area (Å²) in [5, 5.41) is 6.79. The van der Waals surface area contributed by atoms with Crippen molar-refractivity contribution in [2.24, 2.45) is 0 Å². The number of aromatic amines is 1. The number of benzene rings is 2. The van der Waals surface area contributed by atoms with Gasteiger partial charge in [-0.25, -0.2) is 0 Å². The van der Waals surface area contributed by atoms with Crippen molar-refractivity contribution in [1.29, 1.82) is 0 Å². The minimum Gasteiger partial charge on any atom is -0.481 e. The molecule has 0 saturated heterocycles. The van der Waals surface area contributed by atoms with Gasteiger partial charge in [0.05, 0.1) is 5.69 Å². The molecule has 28 heavy (non-hydrogen) atoms. The third kappa shape index (κ3) is 4.37. The van der Waals surface area contributed by atoms with Crippen LogP contribution in [-0.4, -0.2) is 28.1 Å². The maximum absolute atomic E-state index is 12.2. The number of H-pyrrole nitrogens is 1. The predicted molar refractivity (Wildman–Crippen MR) is 106 cm³/mol. The Balaban J connectivity index is 1.56. The van der Waals surface area contributed by atoms with Crippen molar-refractivity contribution in [3.05, 3.63) is 71.4 Å². The Kier molecular flexibility index (Phi) is 5.74. The first-order valence-electron chi connectivity index (χ1n) is 8.89. The van der Waals surface area contributed by atoms with Gasteiger partial charge in [0, 0.05) is 5.56 Å². The maximum atomic E-state index is 12.2. The van der Waals surface area contributed by atoms with Crippen LogP contribution < -0.4 is 15.6 Å². The molecule has 2 aromatic carbocycles. The van der Waals surface area contributed by atoms with Gasteiger partial charge in [0.2, 0.25) is 0 Å². The fourth-order valence-electron chi connectivity index (χ4n) is 2.58. The van der Waals surface area contributed by atoms with Gasteiger partial charge in [-0.1, -0.05) is 42.5 Å². The molecular formula is C21H22N4O3. The van der Waals surface area contributed by atoms with Gasteiger partial charge in [-0.15, -0.1) is 0 Å². The number of rotatable bonds is 5. The summed E-state index contributed by atoms with van der Waals surface area (Å²) in [6.45, 7) is 5.52. The van der Waals surface area contributed by atoms with E-state index in [1.165, 1.54) is 0 Å². The van der Waals surface area contributed by atoms with E-state index in [-0.39, 0.29) is 5.69 Å². The molecule has 3 N–H and O–H groups in total. The van der Waals surface area contributed by atoms with Crippen LogP contribution in [0.25, 0.3) is 11.3 Å². The lowest BCUT2D eigenvalue weighted by Crippen LogP contribution is -2.47. The molecule has 0 fully saturated rings. The van der Waals surface area contributed by atoms with Crippen LogP contribution in [-0.2, 0) is 4.79 Å². The molecule has 7 heteroatoms. The Hall–Kier alpha value is -3.61. The summed E-state index contributed by atoms with van der Waals surface area (Å²) in [4.78, 5) is 24.5. The highest BCUT2D eigenvalue weighted by molar-refractivity contribution is 5.95. The standard InChI is InChI=1S/C21H22N4O3/c1-13-8-7-11-19(14(13)2)28-15(3)20(26)24-25-21(27)18-12-17(22-23-18)16-9-5-4-6-10-16/h4-12,15H,1-3H3,(H,22,23)(H,24,26)(H,25,27)/t15-/m0/s1. The first kappa shape index (κ1) is 19.2. The average Bonchev–Trinajstić information content (AvgIpc) is 3.20. The van der Waals surface area contributed by atoms with Crippen molar-refractivity contribution in [2.45, 2.75) is 26.9 Å². The molecule has 144 valence electrons. The van der Waals surface area contributed by atoms with Crippen LogP contribution >= 0.6 is 0 Å². The molecular weight excluding hydrogens is 356 g/mol. The molecule has 1 aromatic heterocycles. The van der Waals surface area contributed by atoms with E-state index in [9.17, 15) is 9.59 Å². The van der Waals surface area contributed by atoms with Gasteiger partial charge in [0.1, 0.15) is 11.4 Å². The molecule has 1 heterocycles. The van der Waals surface area contributed by atoms with Crippen LogP contribution in [0, 0.1) is 13.8 Å². The Morgan fingerprint density at radius 3 is 2.54 bits per heavy atom. The number of hydrogen-bond acceptors (Lipinski definition) is 4. The van der Waals surface area contributed by atoms with E-state index in [2.05, 4.69) is 21.0 Å². The van der Waals surface area contributed by atoms with Gasteiger partial charge in [-0.2, -0.15) is 5.10 Å². The highest BCUT2D eigenvalue weighted by Crippen LogP contribution is 2.21. The second-order valence-electron chi connectivity index (χ2n) is 6.43. The maximum Gasteiger partial charge on any atom is 0.287 e. The van der Waals surface area contributed by atoms with E-state index in [4.69, 9.17) is 4.74 Å². The van der Waals surface area contributed by atoms with Crippen LogP contribution in [0.4, 0.5) is 0 Å². The van der Waals surface area contributed by atoms with Gasteiger partial charge >= 0.3 is 0 Å². The first-order valence-corrected chi connectivity index (χ1v) is 8.89. The van der Waals surface area contributed by atoms with E-state index in [0.717, 1.165) is 16.7 Å². The molecule has 0 aliphatic heterocycles. The molecule has 3 rings (SSSR count). The molecule has 2 amide bonds. The number of aromatic nitrogens is 2. The molecule has 0 radical (unpaired) electrons. The second-order valence-corrected chi connectivity index (χ2v) is 6.43. The number of aryl methyl sites for hydroxylation is 1. The van der Waals surface area contributed by atoms with E-state index >= 15 is 0 Å². The molecule has 3 aromatic rings. The Morgan fingerprint density at radius 1 is 1.04 bits per heavy atom. The fraction of sp³-hybridized carbons (Fsp3) is 0.190. The molecule has 0 aliphatic carbocycles. The molecule has 0 aliphatic rings. The fourth-order valence-corrected chi connectivity index (χ4v) is 2.58. The van der Waals surface area contributed by atoms with Crippen molar-refractivity contribution in [2.75, 3.05) is 0 Å². The zero-order valence-corrected chi connectivity index (χ0v) is 15.9. The highest BCUT2D eigenvalue weighted by Gasteiger charge is 2.18. The van der Waals surface area contributed by atoms with Crippen molar-refractivity contribution in [1.82, 2.24) is 21.0 Å². The van der Waals surface area contributed by atoms with E-state index in [1.807, 2.05) is 56.3 Å². The summed E-state index contributed by atoms with van der Waals surface area (Å²) in [5.41, 5.74) is 8.55. The van der Waals surface area contributed by atoms with E-state index in [0.29, 0.717) is 11.4 Å². The second kappa shape index (κ2) is 8.39. The molecule has 7 nitrogen and oxygen atoms in total. The summed E-state index contributed by atoms with van der Waals surface area (Å²) in [6, 6.07) is 16.7. The Labute approximate surface area is 163 Å². The molecule has 1 atom stereocenters. The number of carbonyl (C=O) groups excluding carboxylic acids is 2. The molecule has 0 saturated carbocycles.